The molecule has 1 atom stereocenters. The average molecular weight is 343 g/mol. The second-order valence-electron chi connectivity index (χ2n) is 5.60. The number of hydrogen-bond donors (Lipinski definition) is 2. The summed E-state index contributed by atoms with van der Waals surface area (Å²) in [6.07, 6.45) is 3.45. The zero-order chi connectivity index (χ0) is 17.7. The van der Waals surface area contributed by atoms with E-state index in [1.807, 2.05) is 45.2 Å². The van der Waals surface area contributed by atoms with Gasteiger partial charge in [0.25, 0.3) is 0 Å². The second kappa shape index (κ2) is 7.97. The molecule has 0 fully saturated rings. The van der Waals surface area contributed by atoms with E-state index in [1.54, 1.807) is 12.1 Å². The first-order chi connectivity index (χ1) is 11.4. The van der Waals surface area contributed by atoms with Crippen LogP contribution in [-0.4, -0.2) is 23.1 Å². The van der Waals surface area contributed by atoms with Crippen molar-refractivity contribution in [3.63, 3.8) is 0 Å². The molecular formula is C18H21N3O2S. The molecule has 0 aliphatic carbocycles. The van der Waals surface area contributed by atoms with Crippen molar-refractivity contribution in [1.29, 1.82) is 0 Å². The minimum Gasteiger partial charge on any atom is -0.341 e. The van der Waals surface area contributed by atoms with E-state index in [0.717, 1.165) is 21.7 Å². The Kier molecular flexibility index (Phi) is 5.98. The highest BCUT2D eigenvalue weighted by Crippen LogP contribution is 2.19. The summed E-state index contributed by atoms with van der Waals surface area (Å²) < 4.78 is 0. The van der Waals surface area contributed by atoms with Crippen molar-refractivity contribution in [2.45, 2.75) is 31.8 Å². The number of thioether (sulfide) groups is 1. The zero-order valence-electron chi connectivity index (χ0n) is 14.2. The van der Waals surface area contributed by atoms with Gasteiger partial charge in [0.1, 0.15) is 0 Å². The molecule has 6 heteroatoms. The Balaban J connectivity index is 2.00. The van der Waals surface area contributed by atoms with Gasteiger partial charge in [0.15, 0.2) is 0 Å². The first-order valence-electron chi connectivity index (χ1n) is 7.59. The van der Waals surface area contributed by atoms with Crippen LogP contribution in [0.15, 0.2) is 41.6 Å². The van der Waals surface area contributed by atoms with E-state index in [9.17, 15) is 9.59 Å². The number of anilines is 1. The van der Waals surface area contributed by atoms with E-state index in [4.69, 9.17) is 0 Å². The van der Waals surface area contributed by atoms with Crippen LogP contribution in [0, 0.1) is 13.8 Å². The summed E-state index contributed by atoms with van der Waals surface area (Å²) in [4.78, 5) is 28.3. The van der Waals surface area contributed by atoms with E-state index in [2.05, 4.69) is 15.6 Å². The number of pyridine rings is 1. The van der Waals surface area contributed by atoms with Gasteiger partial charge in [-0.3, -0.25) is 9.59 Å². The summed E-state index contributed by atoms with van der Waals surface area (Å²) in [7, 11) is 0. The fourth-order valence-corrected chi connectivity index (χ4v) is 2.69. The molecule has 2 rings (SSSR count). The lowest BCUT2D eigenvalue weighted by atomic mass is 10.00. The van der Waals surface area contributed by atoms with Crippen molar-refractivity contribution in [3.05, 3.63) is 53.2 Å². The van der Waals surface area contributed by atoms with Crippen LogP contribution in [0.2, 0.25) is 0 Å². The van der Waals surface area contributed by atoms with E-state index in [1.165, 1.54) is 18.0 Å². The van der Waals surface area contributed by atoms with Crippen molar-refractivity contribution in [2.24, 2.45) is 0 Å². The number of rotatable bonds is 4. The van der Waals surface area contributed by atoms with Gasteiger partial charge in [-0.2, -0.15) is 0 Å². The number of amides is 2. The van der Waals surface area contributed by atoms with Crippen molar-refractivity contribution < 1.29 is 9.59 Å². The van der Waals surface area contributed by atoms with Gasteiger partial charge in [0.2, 0.25) is 0 Å². The van der Waals surface area contributed by atoms with Gasteiger partial charge in [-0.05, 0) is 50.3 Å². The monoisotopic (exact) mass is 343 g/mol. The average Bonchev–Trinajstić information content (AvgIpc) is 2.57. The second-order valence-corrected chi connectivity index (χ2v) is 6.43. The highest BCUT2D eigenvalue weighted by molar-refractivity contribution is 7.98. The normalized spacial score (nSPS) is 11.7. The smallest absolute Gasteiger partial charge is 0.313 e. The highest BCUT2D eigenvalue weighted by atomic mass is 32.2. The summed E-state index contributed by atoms with van der Waals surface area (Å²) in [5, 5.41) is 6.13. The Morgan fingerprint density at radius 1 is 1.12 bits per heavy atom. The Hall–Kier alpha value is -2.34. The first-order valence-corrected chi connectivity index (χ1v) is 8.82. The molecule has 24 heavy (non-hydrogen) atoms. The van der Waals surface area contributed by atoms with E-state index < -0.39 is 11.8 Å². The molecule has 2 aromatic rings. The summed E-state index contributed by atoms with van der Waals surface area (Å²) in [6, 6.07) is 9.30. The molecule has 5 nitrogen and oxygen atoms in total. The first kappa shape index (κ1) is 18.0. The SMILES string of the molecule is CSc1ccc(NC(=O)C(=O)N[C@H](C)c2cc(C)ccc2C)cn1. The fraction of sp³-hybridized carbons (Fsp3) is 0.278. The van der Waals surface area contributed by atoms with E-state index in [-0.39, 0.29) is 6.04 Å². The predicted octanol–water partition coefficient (Wildman–Crippen LogP) is 3.24. The fourth-order valence-electron chi connectivity index (χ4n) is 2.33. The molecule has 0 spiro atoms. The van der Waals surface area contributed by atoms with Crippen molar-refractivity contribution in [3.8, 4) is 0 Å². The molecule has 2 amide bonds. The Morgan fingerprint density at radius 3 is 2.50 bits per heavy atom. The van der Waals surface area contributed by atoms with Gasteiger partial charge in [-0.15, -0.1) is 11.8 Å². The third kappa shape index (κ3) is 4.58. The zero-order valence-corrected chi connectivity index (χ0v) is 15.0. The van der Waals surface area contributed by atoms with Gasteiger partial charge in [0.05, 0.1) is 23.0 Å². The summed E-state index contributed by atoms with van der Waals surface area (Å²) in [5.74, 6) is -1.37. The molecule has 0 bridgehead atoms. The van der Waals surface area contributed by atoms with Crippen LogP contribution in [0.25, 0.3) is 0 Å². The van der Waals surface area contributed by atoms with Crippen molar-refractivity contribution >= 4 is 29.3 Å². The Bertz CT molecular complexity index is 744. The van der Waals surface area contributed by atoms with Crippen molar-refractivity contribution in [1.82, 2.24) is 10.3 Å². The summed E-state index contributed by atoms with van der Waals surface area (Å²) in [6.45, 7) is 5.84. The topological polar surface area (TPSA) is 71.1 Å². The Labute approximate surface area is 146 Å². The number of carbonyl (C=O) groups excluding carboxylic acids is 2. The Morgan fingerprint density at radius 2 is 1.88 bits per heavy atom. The van der Waals surface area contributed by atoms with E-state index in [0.29, 0.717) is 5.69 Å². The van der Waals surface area contributed by atoms with Gasteiger partial charge in [-0.1, -0.05) is 23.8 Å². The third-order valence-corrected chi connectivity index (χ3v) is 4.32. The molecule has 2 N–H and O–H groups in total. The molecule has 1 heterocycles. The molecule has 0 radical (unpaired) electrons. The van der Waals surface area contributed by atoms with Gasteiger partial charge in [0, 0.05) is 0 Å². The standard InChI is InChI=1S/C18H21N3O2S/c1-11-5-6-12(2)15(9-11)13(3)20-17(22)18(23)21-14-7-8-16(24-4)19-10-14/h5-10,13H,1-4H3,(H,20,22)(H,21,23)/t13-/m1/s1. The lowest BCUT2D eigenvalue weighted by molar-refractivity contribution is -0.136. The van der Waals surface area contributed by atoms with Crippen LogP contribution in [0.4, 0.5) is 5.69 Å². The minimum absolute atomic E-state index is 0.250. The molecule has 0 unspecified atom stereocenters. The number of aryl methyl sites for hydroxylation is 2. The van der Waals surface area contributed by atoms with Crippen LogP contribution in [0.3, 0.4) is 0 Å². The number of carbonyl (C=O) groups is 2. The molecule has 0 aliphatic rings. The molecule has 1 aromatic heterocycles. The maximum absolute atomic E-state index is 12.1. The molecule has 0 saturated carbocycles. The molecule has 1 aromatic carbocycles. The lowest BCUT2D eigenvalue weighted by Crippen LogP contribution is -2.37. The maximum atomic E-state index is 12.1. The van der Waals surface area contributed by atoms with Gasteiger partial charge in [-0.25, -0.2) is 4.98 Å². The highest BCUT2D eigenvalue weighted by Gasteiger charge is 2.18. The van der Waals surface area contributed by atoms with Gasteiger partial charge < -0.3 is 10.6 Å². The third-order valence-electron chi connectivity index (χ3n) is 3.66. The van der Waals surface area contributed by atoms with E-state index >= 15 is 0 Å². The number of nitrogens with one attached hydrogen (secondary N) is 2. The molecule has 0 saturated heterocycles. The van der Waals surface area contributed by atoms with Crippen LogP contribution >= 0.6 is 11.8 Å². The van der Waals surface area contributed by atoms with Crippen LogP contribution in [0.1, 0.15) is 29.7 Å². The van der Waals surface area contributed by atoms with Gasteiger partial charge >= 0.3 is 11.8 Å². The van der Waals surface area contributed by atoms with Crippen molar-refractivity contribution in [2.75, 3.05) is 11.6 Å². The largest absolute Gasteiger partial charge is 0.341 e. The van der Waals surface area contributed by atoms with Crippen LogP contribution < -0.4 is 10.6 Å². The summed E-state index contributed by atoms with van der Waals surface area (Å²) >= 11 is 1.51. The quantitative estimate of drug-likeness (QED) is 0.660. The maximum Gasteiger partial charge on any atom is 0.313 e. The number of nitrogens with zero attached hydrogens (tertiary/aromatic N) is 1. The van der Waals surface area contributed by atoms with Crippen LogP contribution in [-0.2, 0) is 9.59 Å². The molecule has 126 valence electrons. The number of hydrogen-bond acceptors (Lipinski definition) is 4. The minimum atomic E-state index is -0.703. The molecule has 0 aliphatic heterocycles. The lowest BCUT2D eigenvalue weighted by Gasteiger charge is -2.17. The number of benzene rings is 1. The number of aromatic nitrogens is 1. The predicted molar refractivity (Wildman–Crippen MR) is 97.1 cm³/mol. The molecular weight excluding hydrogens is 322 g/mol. The summed E-state index contributed by atoms with van der Waals surface area (Å²) in [5.41, 5.74) is 3.68. The van der Waals surface area contributed by atoms with Crippen LogP contribution in [0.5, 0.6) is 0 Å².